The van der Waals surface area contributed by atoms with Crippen molar-refractivity contribution in [1.29, 1.82) is 5.26 Å². The summed E-state index contributed by atoms with van der Waals surface area (Å²) in [7, 11) is 0. The van der Waals surface area contributed by atoms with E-state index < -0.39 is 0 Å². The van der Waals surface area contributed by atoms with E-state index in [1.165, 1.54) is 0 Å². The molecule has 4 aromatic rings. The van der Waals surface area contributed by atoms with Crippen LogP contribution in [0.1, 0.15) is 22.9 Å². The molecule has 0 aliphatic carbocycles. The van der Waals surface area contributed by atoms with Gasteiger partial charge in [-0.2, -0.15) is 15.4 Å². The van der Waals surface area contributed by atoms with Crippen LogP contribution in [0.4, 0.5) is 17.6 Å². The molecule has 0 unspecified atom stereocenters. The standard InChI is InChI=1S/C22H16N8/c23-12-14-7-9-15(10-8-14)13-25-22-26-18-6-2-1-4-16(18)20(28-22)27-21-17-5-3-11-24-19(17)29-30-21/h1-11,21H,13H2,(H2,25,26,27,28)/t21-/m0/s1. The minimum absolute atomic E-state index is 0.349. The van der Waals surface area contributed by atoms with Gasteiger partial charge in [-0.3, -0.25) is 0 Å². The van der Waals surface area contributed by atoms with Gasteiger partial charge in [0.05, 0.1) is 17.1 Å². The molecule has 0 saturated heterocycles. The van der Waals surface area contributed by atoms with Crippen LogP contribution in [0.15, 0.2) is 77.1 Å². The Kier molecular flexibility index (Phi) is 4.46. The van der Waals surface area contributed by atoms with Gasteiger partial charge in [0.2, 0.25) is 5.95 Å². The number of anilines is 2. The molecule has 0 radical (unpaired) electrons. The fourth-order valence-corrected chi connectivity index (χ4v) is 3.26. The average molecular weight is 392 g/mol. The topological polar surface area (TPSA) is 111 Å². The van der Waals surface area contributed by atoms with Gasteiger partial charge in [0.25, 0.3) is 0 Å². The van der Waals surface area contributed by atoms with Crippen LogP contribution in [-0.2, 0) is 6.54 Å². The van der Waals surface area contributed by atoms with Gasteiger partial charge in [-0.15, -0.1) is 5.11 Å². The number of hydrogen-bond acceptors (Lipinski definition) is 8. The normalized spacial score (nSPS) is 14.3. The van der Waals surface area contributed by atoms with Gasteiger partial charge >= 0.3 is 0 Å². The van der Waals surface area contributed by atoms with Crippen molar-refractivity contribution in [3.8, 4) is 6.07 Å². The third-order valence-corrected chi connectivity index (χ3v) is 4.79. The Balaban J connectivity index is 1.43. The van der Waals surface area contributed by atoms with E-state index in [-0.39, 0.29) is 6.17 Å². The minimum atomic E-state index is -0.349. The quantitative estimate of drug-likeness (QED) is 0.508. The van der Waals surface area contributed by atoms with E-state index in [9.17, 15) is 0 Å². The first kappa shape index (κ1) is 17.7. The molecule has 2 N–H and O–H groups in total. The van der Waals surface area contributed by atoms with Gasteiger partial charge in [0.15, 0.2) is 12.0 Å². The highest BCUT2D eigenvalue weighted by Crippen LogP contribution is 2.35. The molecule has 1 atom stereocenters. The van der Waals surface area contributed by atoms with E-state index in [0.717, 1.165) is 22.0 Å². The highest BCUT2D eigenvalue weighted by atomic mass is 15.3. The number of para-hydroxylation sites is 1. The number of nitriles is 1. The van der Waals surface area contributed by atoms with Crippen molar-refractivity contribution in [2.75, 3.05) is 10.6 Å². The predicted molar refractivity (Wildman–Crippen MR) is 113 cm³/mol. The Hall–Kier alpha value is -4.38. The molecule has 2 aromatic carbocycles. The second-order valence-corrected chi connectivity index (χ2v) is 6.75. The summed E-state index contributed by atoms with van der Waals surface area (Å²) in [4.78, 5) is 13.5. The van der Waals surface area contributed by atoms with Crippen LogP contribution in [-0.4, -0.2) is 15.0 Å². The van der Waals surface area contributed by atoms with Crippen LogP contribution in [0.25, 0.3) is 10.9 Å². The SMILES string of the molecule is N#Cc1ccc(CNc2nc(N[C@H]3N=Nc4ncccc43)c3ccccc3n2)cc1. The molecule has 0 saturated carbocycles. The van der Waals surface area contributed by atoms with Crippen molar-refractivity contribution >= 4 is 28.5 Å². The van der Waals surface area contributed by atoms with E-state index >= 15 is 0 Å². The zero-order chi connectivity index (χ0) is 20.3. The highest BCUT2D eigenvalue weighted by molar-refractivity contribution is 5.90. The summed E-state index contributed by atoms with van der Waals surface area (Å²) in [6.07, 6.45) is 1.35. The van der Waals surface area contributed by atoms with E-state index in [2.05, 4.69) is 41.9 Å². The molecule has 2 aromatic heterocycles. The summed E-state index contributed by atoms with van der Waals surface area (Å²) in [6, 6.07) is 21.2. The van der Waals surface area contributed by atoms with Crippen molar-refractivity contribution in [2.45, 2.75) is 12.7 Å². The van der Waals surface area contributed by atoms with Crippen molar-refractivity contribution < 1.29 is 0 Å². The molecule has 0 amide bonds. The van der Waals surface area contributed by atoms with E-state index in [1.807, 2.05) is 48.5 Å². The lowest BCUT2D eigenvalue weighted by Crippen LogP contribution is -2.11. The number of pyridine rings is 1. The van der Waals surface area contributed by atoms with Crippen LogP contribution in [0.2, 0.25) is 0 Å². The van der Waals surface area contributed by atoms with Crippen molar-refractivity contribution in [1.82, 2.24) is 15.0 Å². The van der Waals surface area contributed by atoms with Crippen molar-refractivity contribution in [3.63, 3.8) is 0 Å². The number of benzene rings is 2. The summed E-state index contributed by atoms with van der Waals surface area (Å²) in [5.74, 6) is 1.79. The lowest BCUT2D eigenvalue weighted by molar-refractivity contribution is 0.822. The maximum absolute atomic E-state index is 8.94. The van der Waals surface area contributed by atoms with Crippen molar-refractivity contribution in [2.24, 2.45) is 10.2 Å². The molecule has 3 heterocycles. The maximum atomic E-state index is 8.94. The predicted octanol–water partition coefficient (Wildman–Crippen LogP) is 4.72. The van der Waals surface area contributed by atoms with Crippen LogP contribution in [0, 0.1) is 11.3 Å². The molecule has 30 heavy (non-hydrogen) atoms. The summed E-state index contributed by atoms with van der Waals surface area (Å²) < 4.78 is 0. The third kappa shape index (κ3) is 3.40. The van der Waals surface area contributed by atoms with E-state index in [0.29, 0.717) is 29.7 Å². The zero-order valence-corrected chi connectivity index (χ0v) is 15.8. The molecule has 144 valence electrons. The third-order valence-electron chi connectivity index (χ3n) is 4.79. The molecular formula is C22H16N8. The smallest absolute Gasteiger partial charge is 0.225 e. The number of hydrogen-bond donors (Lipinski definition) is 2. The number of aromatic nitrogens is 3. The molecular weight excluding hydrogens is 376 g/mol. The summed E-state index contributed by atoms with van der Waals surface area (Å²) in [5.41, 5.74) is 3.39. The molecule has 0 fully saturated rings. The Morgan fingerprint density at radius 2 is 1.83 bits per heavy atom. The van der Waals surface area contributed by atoms with Gasteiger partial charge in [-0.25, -0.2) is 9.97 Å². The summed E-state index contributed by atoms with van der Waals surface area (Å²) in [5, 5.41) is 24.9. The number of nitrogens with zero attached hydrogens (tertiary/aromatic N) is 6. The lowest BCUT2D eigenvalue weighted by atomic mass is 10.1. The Morgan fingerprint density at radius 3 is 2.70 bits per heavy atom. The van der Waals surface area contributed by atoms with Gasteiger partial charge in [-0.05, 0) is 42.0 Å². The maximum Gasteiger partial charge on any atom is 0.225 e. The molecule has 0 bridgehead atoms. The zero-order valence-electron chi connectivity index (χ0n) is 15.8. The Bertz CT molecular complexity index is 1290. The largest absolute Gasteiger partial charge is 0.350 e. The molecule has 1 aliphatic heterocycles. The van der Waals surface area contributed by atoms with Gasteiger partial charge in [-0.1, -0.05) is 24.3 Å². The molecule has 8 nitrogen and oxygen atoms in total. The molecule has 1 aliphatic rings. The summed E-state index contributed by atoms with van der Waals surface area (Å²) in [6.45, 7) is 0.541. The van der Waals surface area contributed by atoms with E-state index in [1.54, 1.807) is 18.3 Å². The average Bonchev–Trinajstić information content (AvgIpc) is 3.21. The van der Waals surface area contributed by atoms with Crippen LogP contribution < -0.4 is 10.6 Å². The first-order valence-electron chi connectivity index (χ1n) is 9.42. The monoisotopic (exact) mass is 392 g/mol. The van der Waals surface area contributed by atoms with E-state index in [4.69, 9.17) is 5.26 Å². The van der Waals surface area contributed by atoms with Crippen LogP contribution >= 0.6 is 0 Å². The van der Waals surface area contributed by atoms with Gasteiger partial charge < -0.3 is 10.6 Å². The minimum Gasteiger partial charge on any atom is -0.350 e. The number of fused-ring (bicyclic) bond motifs is 2. The second-order valence-electron chi connectivity index (χ2n) is 6.75. The molecule has 8 heteroatoms. The summed E-state index contributed by atoms with van der Waals surface area (Å²) >= 11 is 0. The van der Waals surface area contributed by atoms with Crippen molar-refractivity contribution in [3.05, 3.63) is 83.6 Å². The Labute approximate surface area is 172 Å². The number of azo groups is 1. The fraction of sp³-hybridized carbons (Fsp3) is 0.0909. The molecule has 0 spiro atoms. The Morgan fingerprint density at radius 1 is 0.967 bits per heavy atom. The molecule has 5 rings (SSSR count). The van der Waals surface area contributed by atoms with Crippen LogP contribution in [0.5, 0.6) is 0 Å². The second kappa shape index (κ2) is 7.56. The lowest BCUT2D eigenvalue weighted by Gasteiger charge is -2.14. The number of rotatable bonds is 5. The highest BCUT2D eigenvalue weighted by Gasteiger charge is 2.22. The first-order valence-corrected chi connectivity index (χ1v) is 9.42. The van der Waals surface area contributed by atoms with Crippen LogP contribution in [0.3, 0.4) is 0 Å². The number of nitrogens with one attached hydrogen (secondary N) is 2. The first-order chi connectivity index (χ1) is 14.8. The van der Waals surface area contributed by atoms with Gasteiger partial charge in [0, 0.05) is 23.7 Å². The fourth-order valence-electron chi connectivity index (χ4n) is 3.26. The van der Waals surface area contributed by atoms with Gasteiger partial charge in [0.1, 0.15) is 5.82 Å².